The molecule has 0 aliphatic carbocycles. The normalized spacial score (nSPS) is 10.8. The van der Waals surface area contributed by atoms with E-state index in [0.717, 1.165) is 4.47 Å². The fourth-order valence-electron chi connectivity index (χ4n) is 1.58. The summed E-state index contributed by atoms with van der Waals surface area (Å²) >= 11 is 9.31. The number of halogens is 2. The van der Waals surface area contributed by atoms with E-state index in [-0.39, 0.29) is 11.9 Å². The molecule has 1 amide bonds. The van der Waals surface area contributed by atoms with Crippen LogP contribution in [-0.4, -0.2) is 37.1 Å². The fraction of sp³-hybridized carbons (Fsp3) is 0.462. The van der Waals surface area contributed by atoms with Crippen LogP contribution in [0.15, 0.2) is 22.7 Å². The fourth-order valence-corrected chi connectivity index (χ4v) is 2.01. The van der Waals surface area contributed by atoms with Crippen LogP contribution in [0, 0.1) is 0 Å². The van der Waals surface area contributed by atoms with E-state index in [0.29, 0.717) is 23.7 Å². The Morgan fingerprint density at radius 1 is 1.50 bits per heavy atom. The zero-order valence-corrected chi connectivity index (χ0v) is 13.1. The third kappa shape index (κ3) is 3.97. The van der Waals surface area contributed by atoms with Crippen molar-refractivity contribution in [1.29, 1.82) is 0 Å². The molecule has 0 aliphatic rings. The smallest absolute Gasteiger partial charge is 0.254 e. The Bertz CT molecular complexity index is 423. The lowest BCUT2D eigenvalue weighted by Crippen LogP contribution is -2.39. The minimum Gasteiger partial charge on any atom is -0.383 e. The second kappa shape index (κ2) is 7.12. The highest BCUT2D eigenvalue weighted by atomic mass is 79.9. The van der Waals surface area contributed by atoms with Gasteiger partial charge < -0.3 is 9.64 Å². The van der Waals surface area contributed by atoms with Gasteiger partial charge >= 0.3 is 0 Å². The minimum atomic E-state index is -0.0311. The lowest BCUT2D eigenvalue weighted by molar-refractivity contribution is 0.0635. The van der Waals surface area contributed by atoms with Gasteiger partial charge in [0.1, 0.15) is 0 Å². The van der Waals surface area contributed by atoms with Gasteiger partial charge in [0.05, 0.1) is 11.6 Å². The Balaban J connectivity index is 2.91. The topological polar surface area (TPSA) is 29.5 Å². The zero-order valence-electron chi connectivity index (χ0n) is 10.7. The van der Waals surface area contributed by atoms with Crippen molar-refractivity contribution >= 4 is 33.4 Å². The third-order valence-corrected chi connectivity index (χ3v) is 3.82. The molecular weight excluding hydrogens is 318 g/mol. The summed E-state index contributed by atoms with van der Waals surface area (Å²) in [6.45, 7) is 5.05. The maximum atomic E-state index is 12.4. The van der Waals surface area contributed by atoms with Crippen molar-refractivity contribution in [3.8, 4) is 0 Å². The highest BCUT2D eigenvalue weighted by Gasteiger charge is 2.18. The first kappa shape index (κ1) is 15.5. The molecule has 0 N–H and O–H groups in total. The Kier molecular flexibility index (Phi) is 6.12. The molecule has 5 heteroatoms. The van der Waals surface area contributed by atoms with Gasteiger partial charge in [-0.15, -0.1) is 0 Å². The van der Waals surface area contributed by atoms with E-state index in [1.165, 1.54) is 0 Å². The predicted octanol–water partition coefficient (Wildman–Crippen LogP) is 3.60. The van der Waals surface area contributed by atoms with Crippen LogP contribution in [-0.2, 0) is 4.74 Å². The molecule has 0 fully saturated rings. The van der Waals surface area contributed by atoms with Crippen LogP contribution in [0.25, 0.3) is 0 Å². The summed E-state index contributed by atoms with van der Waals surface area (Å²) in [4.78, 5) is 14.1. The van der Waals surface area contributed by atoms with E-state index in [2.05, 4.69) is 15.9 Å². The minimum absolute atomic E-state index is 0.0311. The lowest BCUT2D eigenvalue weighted by Gasteiger charge is -2.26. The molecule has 100 valence electrons. The van der Waals surface area contributed by atoms with Gasteiger partial charge in [-0.2, -0.15) is 0 Å². The van der Waals surface area contributed by atoms with Crippen LogP contribution < -0.4 is 0 Å². The van der Waals surface area contributed by atoms with E-state index in [1.54, 1.807) is 30.2 Å². The summed E-state index contributed by atoms with van der Waals surface area (Å²) in [7, 11) is 1.62. The van der Waals surface area contributed by atoms with Crippen molar-refractivity contribution in [2.45, 2.75) is 19.9 Å². The van der Waals surface area contributed by atoms with Crippen LogP contribution >= 0.6 is 27.5 Å². The first-order valence-corrected chi connectivity index (χ1v) is 6.89. The zero-order chi connectivity index (χ0) is 13.7. The van der Waals surface area contributed by atoms with E-state index in [4.69, 9.17) is 16.3 Å². The molecule has 0 bridgehead atoms. The largest absolute Gasteiger partial charge is 0.383 e. The van der Waals surface area contributed by atoms with Gasteiger partial charge in [0.25, 0.3) is 5.91 Å². The van der Waals surface area contributed by atoms with Crippen LogP contribution in [0.4, 0.5) is 0 Å². The number of hydrogen-bond acceptors (Lipinski definition) is 2. The molecule has 0 radical (unpaired) electrons. The molecular formula is C13H17BrClNO2. The van der Waals surface area contributed by atoms with E-state index in [1.807, 2.05) is 13.8 Å². The van der Waals surface area contributed by atoms with E-state index < -0.39 is 0 Å². The average molecular weight is 335 g/mol. The van der Waals surface area contributed by atoms with Gasteiger partial charge in [-0.05, 0) is 48.0 Å². The van der Waals surface area contributed by atoms with Crippen molar-refractivity contribution in [3.05, 3.63) is 33.3 Å². The Morgan fingerprint density at radius 3 is 2.67 bits per heavy atom. The van der Waals surface area contributed by atoms with Gasteiger partial charge in [-0.25, -0.2) is 0 Å². The van der Waals surface area contributed by atoms with Gasteiger partial charge in [0.2, 0.25) is 0 Å². The second-order valence-corrected chi connectivity index (χ2v) is 5.48. The summed E-state index contributed by atoms with van der Waals surface area (Å²) < 4.78 is 5.81. The van der Waals surface area contributed by atoms with E-state index >= 15 is 0 Å². The number of carbonyl (C=O) groups excluding carboxylic acids is 1. The molecule has 0 aromatic heterocycles. The number of benzene rings is 1. The molecule has 1 aromatic rings. The van der Waals surface area contributed by atoms with Crippen molar-refractivity contribution in [1.82, 2.24) is 4.90 Å². The van der Waals surface area contributed by atoms with Crippen LogP contribution in [0.3, 0.4) is 0 Å². The van der Waals surface area contributed by atoms with Gasteiger partial charge in [0, 0.05) is 29.7 Å². The van der Waals surface area contributed by atoms with Crippen molar-refractivity contribution in [2.24, 2.45) is 0 Å². The summed E-state index contributed by atoms with van der Waals surface area (Å²) in [6.07, 6.45) is 0. The Hall–Kier alpha value is -0.580. The quantitative estimate of drug-likeness (QED) is 0.823. The first-order valence-electron chi connectivity index (χ1n) is 5.72. The lowest BCUT2D eigenvalue weighted by atomic mass is 10.1. The number of ether oxygens (including phenoxy) is 1. The number of rotatable bonds is 5. The summed E-state index contributed by atoms with van der Waals surface area (Å²) in [5.74, 6) is -0.0311. The molecule has 1 rings (SSSR count). The molecule has 0 saturated carbocycles. The molecule has 0 unspecified atom stereocenters. The predicted molar refractivity (Wildman–Crippen MR) is 77.2 cm³/mol. The van der Waals surface area contributed by atoms with Crippen molar-refractivity contribution < 1.29 is 9.53 Å². The van der Waals surface area contributed by atoms with Crippen LogP contribution in [0.1, 0.15) is 24.2 Å². The number of carbonyl (C=O) groups is 1. The van der Waals surface area contributed by atoms with Crippen LogP contribution in [0.5, 0.6) is 0 Å². The molecule has 0 saturated heterocycles. The highest BCUT2D eigenvalue weighted by molar-refractivity contribution is 9.10. The molecule has 0 atom stereocenters. The van der Waals surface area contributed by atoms with E-state index in [9.17, 15) is 4.79 Å². The summed E-state index contributed by atoms with van der Waals surface area (Å²) in [5, 5.41) is 0.538. The average Bonchev–Trinajstić information content (AvgIpc) is 2.32. The van der Waals surface area contributed by atoms with Gasteiger partial charge in [-0.3, -0.25) is 4.79 Å². The molecule has 0 spiro atoms. The van der Waals surface area contributed by atoms with Crippen molar-refractivity contribution in [3.63, 3.8) is 0 Å². The third-order valence-electron chi connectivity index (χ3n) is 2.59. The first-order chi connectivity index (χ1) is 8.47. The molecule has 0 aliphatic heterocycles. The van der Waals surface area contributed by atoms with Crippen LogP contribution in [0.2, 0.25) is 5.02 Å². The Morgan fingerprint density at radius 2 is 2.17 bits per heavy atom. The maximum absolute atomic E-state index is 12.4. The standard InChI is InChI=1S/C13H17BrClNO2/c1-9(2)16(6-7-18-3)13(17)10-4-5-11(14)12(15)8-10/h4-5,8-9H,6-7H2,1-3H3. The summed E-state index contributed by atoms with van der Waals surface area (Å²) in [5.41, 5.74) is 0.591. The molecule has 0 heterocycles. The van der Waals surface area contributed by atoms with Gasteiger partial charge in [0.15, 0.2) is 0 Å². The molecule has 1 aromatic carbocycles. The molecule has 18 heavy (non-hydrogen) atoms. The number of nitrogens with zero attached hydrogens (tertiary/aromatic N) is 1. The summed E-state index contributed by atoms with van der Waals surface area (Å²) in [6, 6.07) is 5.34. The second-order valence-electron chi connectivity index (χ2n) is 4.21. The molecule has 3 nitrogen and oxygen atoms in total. The number of hydrogen-bond donors (Lipinski definition) is 0. The SMILES string of the molecule is COCCN(C(=O)c1ccc(Br)c(Cl)c1)C(C)C. The van der Waals surface area contributed by atoms with Gasteiger partial charge in [-0.1, -0.05) is 11.6 Å². The number of amides is 1. The number of methoxy groups -OCH3 is 1. The monoisotopic (exact) mass is 333 g/mol. The Labute approximate surface area is 121 Å². The van der Waals surface area contributed by atoms with Crippen molar-refractivity contribution in [2.75, 3.05) is 20.3 Å². The highest BCUT2D eigenvalue weighted by Crippen LogP contribution is 2.24. The maximum Gasteiger partial charge on any atom is 0.254 e.